The molecule has 0 bridgehead atoms. The van der Waals surface area contributed by atoms with Crippen LogP contribution in [0.25, 0.3) is 0 Å². The molecule has 0 aliphatic carbocycles. The maximum atomic E-state index is 11.8. The van der Waals surface area contributed by atoms with Crippen molar-refractivity contribution < 1.29 is 14.3 Å². The maximum Gasteiger partial charge on any atom is 0.337 e. The van der Waals surface area contributed by atoms with Crippen molar-refractivity contribution in [2.24, 2.45) is 5.92 Å². The second-order valence-electron chi connectivity index (χ2n) is 5.03. The highest BCUT2D eigenvalue weighted by molar-refractivity contribution is 5.89. The van der Waals surface area contributed by atoms with Crippen molar-refractivity contribution in [3.05, 3.63) is 35.4 Å². The molecule has 0 spiro atoms. The normalized spacial score (nSPS) is 17.8. The van der Waals surface area contributed by atoms with Crippen molar-refractivity contribution in [1.29, 1.82) is 0 Å². The number of hydrogen-bond acceptors (Lipinski definition) is 4. The summed E-state index contributed by atoms with van der Waals surface area (Å²) >= 11 is 0. The SMILES string of the molecule is COC(=O)c1ccc(CNC(=O)CC2CCNC2)cc1. The van der Waals surface area contributed by atoms with Gasteiger partial charge in [-0.2, -0.15) is 0 Å². The summed E-state index contributed by atoms with van der Waals surface area (Å²) in [7, 11) is 1.36. The number of esters is 1. The molecule has 1 aromatic rings. The Morgan fingerprint density at radius 1 is 1.35 bits per heavy atom. The van der Waals surface area contributed by atoms with Gasteiger partial charge in [0.15, 0.2) is 0 Å². The Morgan fingerprint density at radius 2 is 2.10 bits per heavy atom. The highest BCUT2D eigenvalue weighted by Gasteiger charge is 2.17. The van der Waals surface area contributed by atoms with E-state index in [0.717, 1.165) is 25.1 Å². The van der Waals surface area contributed by atoms with Crippen LogP contribution in [0.5, 0.6) is 0 Å². The fourth-order valence-corrected chi connectivity index (χ4v) is 2.30. The number of hydrogen-bond donors (Lipinski definition) is 2. The highest BCUT2D eigenvalue weighted by atomic mass is 16.5. The van der Waals surface area contributed by atoms with Crippen LogP contribution in [0.4, 0.5) is 0 Å². The van der Waals surface area contributed by atoms with Gasteiger partial charge in [-0.05, 0) is 43.1 Å². The van der Waals surface area contributed by atoms with Crippen molar-refractivity contribution in [2.75, 3.05) is 20.2 Å². The van der Waals surface area contributed by atoms with Crippen LogP contribution in [0.1, 0.15) is 28.8 Å². The van der Waals surface area contributed by atoms with Crippen molar-refractivity contribution in [3.63, 3.8) is 0 Å². The Labute approximate surface area is 118 Å². The number of nitrogens with one attached hydrogen (secondary N) is 2. The number of benzene rings is 1. The molecule has 1 aromatic carbocycles. The molecule has 2 rings (SSSR count). The van der Waals surface area contributed by atoms with Crippen LogP contribution in [0.2, 0.25) is 0 Å². The summed E-state index contributed by atoms with van der Waals surface area (Å²) in [6.45, 7) is 2.43. The Balaban J connectivity index is 1.78. The number of methoxy groups -OCH3 is 1. The topological polar surface area (TPSA) is 67.4 Å². The van der Waals surface area contributed by atoms with Crippen LogP contribution >= 0.6 is 0 Å². The molecule has 1 amide bonds. The van der Waals surface area contributed by atoms with E-state index >= 15 is 0 Å². The lowest BCUT2D eigenvalue weighted by molar-refractivity contribution is -0.122. The predicted molar refractivity (Wildman–Crippen MR) is 75.2 cm³/mol. The summed E-state index contributed by atoms with van der Waals surface area (Å²) in [4.78, 5) is 23.1. The average molecular weight is 276 g/mol. The summed E-state index contributed by atoms with van der Waals surface area (Å²) in [5.74, 6) is 0.182. The molecule has 0 aromatic heterocycles. The van der Waals surface area contributed by atoms with Crippen molar-refractivity contribution in [3.8, 4) is 0 Å². The number of carbonyl (C=O) groups excluding carboxylic acids is 2. The van der Waals surface area contributed by atoms with Gasteiger partial charge in [-0.25, -0.2) is 4.79 Å². The minimum absolute atomic E-state index is 0.0794. The molecule has 1 aliphatic heterocycles. The summed E-state index contributed by atoms with van der Waals surface area (Å²) < 4.78 is 4.63. The van der Waals surface area contributed by atoms with Crippen LogP contribution in [0.3, 0.4) is 0 Å². The van der Waals surface area contributed by atoms with Crippen molar-refractivity contribution in [1.82, 2.24) is 10.6 Å². The van der Waals surface area contributed by atoms with E-state index in [1.807, 2.05) is 12.1 Å². The van der Waals surface area contributed by atoms with Crippen LogP contribution in [-0.2, 0) is 16.1 Å². The molecule has 0 radical (unpaired) electrons. The van der Waals surface area contributed by atoms with Crippen LogP contribution < -0.4 is 10.6 Å². The largest absolute Gasteiger partial charge is 0.465 e. The summed E-state index contributed by atoms with van der Waals surface area (Å²) in [6.07, 6.45) is 1.65. The van der Waals surface area contributed by atoms with Gasteiger partial charge in [0.05, 0.1) is 12.7 Å². The molecule has 20 heavy (non-hydrogen) atoms. The highest BCUT2D eigenvalue weighted by Crippen LogP contribution is 2.12. The summed E-state index contributed by atoms with van der Waals surface area (Å²) in [6, 6.07) is 7.05. The van der Waals surface area contributed by atoms with Gasteiger partial charge in [0.25, 0.3) is 0 Å². The van der Waals surface area contributed by atoms with Gasteiger partial charge >= 0.3 is 5.97 Å². The standard InChI is InChI=1S/C15H20N2O3/c1-20-15(19)13-4-2-11(3-5-13)10-17-14(18)8-12-6-7-16-9-12/h2-5,12,16H,6-10H2,1H3,(H,17,18). The Hall–Kier alpha value is -1.88. The molecule has 1 atom stereocenters. The van der Waals surface area contributed by atoms with E-state index in [0.29, 0.717) is 24.4 Å². The van der Waals surface area contributed by atoms with E-state index in [1.165, 1.54) is 7.11 Å². The number of carbonyl (C=O) groups is 2. The fourth-order valence-electron chi connectivity index (χ4n) is 2.30. The quantitative estimate of drug-likeness (QED) is 0.790. The monoisotopic (exact) mass is 276 g/mol. The second kappa shape index (κ2) is 7.05. The number of ether oxygens (including phenoxy) is 1. The Kier molecular flexibility index (Phi) is 5.12. The first-order valence-corrected chi connectivity index (χ1v) is 6.83. The molecule has 108 valence electrons. The molecular formula is C15H20N2O3. The Bertz CT molecular complexity index is 465. The third kappa shape index (κ3) is 4.06. The van der Waals surface area contributed by atoms with E-state index in [9.17, 15) is 9.59 Å². The van der Waals surface area contributed by atoms with Gasteiger partial charge < -0.3 is 15.4 Å². The van der Waals surface area contributed by atoms with E-state index < -0.39 is 0 Å². The number of amides is 1. The lowest BCUT2D eigenvalue weighted by Crippen LogP contribution is -2.25. The van der Waals surface area contributed by atoms with Gasteiger partial charge in [0, 0.05) is 13.0 Å². The van der Waals surface area contributed by atoms with E-state index in [1.54, 1.807) is 12.1 Å². The van der Waals surface area contributed by atoms with Crippen LogP contribution in [-0.4, -0.2) is 32.1 Å². The van der Waals surface area contributed by atoms with Gasteiger partial charge in [-0.3, -0.25) is 4.79 Å². The van der Waals surface area contributed by atoms with Crippen molar-refractivity contribution >= 4 is 11.9 Å². The van der Waals surface area contributed by atoms with E-state index in [-0.39, 0.29) is 11.9 Å². The zero-order chi connectivity index (χ0) is 14.4. The zero-order valence-electron chi connectivity index (χ0n) is 11.6. The molecule has 0 saturated carbocycles. The van der Waals surface area contributed by atoms with Crippen molar-refractivity contribution in [2.45, 2.75) is 19.4 Å². The third-order valence-electron chi connectivity index (χ3n) is 3.50. The van der Waals surface area contributed by atoms with Gasteiger partial charge in [-0.15, -0.1) is 0 Å². The van der Waals surface area contributed by atoms with E-state index in [2.05, 4.69) is 15.4 Å². The van der Waals surface area contributed by atoms with Crippen LogP contribution in [0, 0.1) is 5.92 Å². The molecule has 5 heteroatoms. The first-order chi connectivity index (χ1) is 9.69. The molecular weight excluding hydrogens is 256 g/mol. The van der Waals surface area contributed by atoms with Gasteiger partial charge in [0.2, 0.25) is 5.91 Å². The smallest absolute Gasteiger partial charge is 0.337 e. The lowest BCUT2D eigenvalue weighted by atomic mass is 10.0. The number of rotatable bonds is 5. The molecule has 1 aliphatic rings. The van der Waals surface area contributed by atoms with Gasteiger partial charge in [0.1, 0.15) is 0 Å². The zero-order valence-corrected chi connectivity index (χ0v) is 11.6. The average Bonchev–Trinajstić information content (AvgIpc) is 2.97. The van der Waals surface area contributed by atoms with E-state index in [4.69, 9.17) is 0 Å². The molecule has 1 heterocycles. The lowest BCUT2D eigenvalue weighted by Gasteiger charge is -2.09. The van der Waals surface area contributed by atoms with Gasteiger partial charge in [-0.1, -0.05) is 12.1 Å². The molecule has 1 fully saturated rings. The maximum absolute atomic E-state index is 11.8. The first-order valence-electron chi connectivity index (χ1n) is 6.83. The molecule has 5 nitrogen and oxygen atoms in total. The third-order valence-corrected chi connectivity index (χ3v) is 3.50. The molecule has 1 unspecified atom stereocenters. The first kappa shape index (κ1) is 14.5. The minimum atomic E-state index is -0.352. The second-order valence-corrected chi connectivity index (χ2v) is 5.03. The molecule has 2 N–H and O–H groups in total. The Morgan fingerprint density at radius 3 is 2.70 bits per heavy atom. The summed E-state index contributed by atoms with van der Waals surface area (Å²) in [5.41, 5.74) is 1.48. The fraction of sp³-hybridized carbons (Fsp3) is 0.467. The minimum Gasteiger partial charge on any atom is -0.465 e. The predicted octanol–water partition coefficient (Wildman–Crippen LogP) is 1.09. The molecule has 1 saturated heterocycles. The summed E-state index contributed by atoms with van der Waals surface area (Å²) in [5, 5.41) is 6.16. The van der Waals surface area contributed by atoms with Crippen LogP contribution in [0.15, 0.2) is 24.3 Å².